The number of ketones is 2. The summed E-state index contributed by atoms with van der Waals surface area (Å²) in [7, 11) is 0. The molecule has 0 bridgehead atoms. The number of nitro benzene ring substituents is 1. The highest BCUT2D eigenvalue weighted by Crippen LogP contribution is 2.39. The predicted molar refractivity (Wildman–Crippen MR) is 85.7 cm³/mol. The molecule has 0 aromatic heterocycles. The van der Waals surface area contributed by atoms with Crippen molar-refractivity contribution in [1.82, 2.24) is 5.32 Å². The minimum absolute atomic E-state index is 0.0298. The summed E-state index contributed by atoms with van der Waals surface area (Å²) < 4.78 is 0. The number of carbonyl (C=O) groups is 2. The number of nitrogens with zero attached hydrogens (tertiary/aromatic N) is 1. The van der Waals surface area contributed by atoms with Crippen LogP contribution in [0.3, 0.4) is 0 Å². The smallest absolute Gasteiger partial charge is 0.269 e. The van der Waals surface area contributed by atoms with Crippen LogP contribution in [0.25, 0.3) is 0 Å². The van der Waals surface area contributed by atoms with E-state index in [1.165, 1.54) is 26.0 Å². The lowest BCUT2D eigenvalue weighted by atomic mass is 9.78. The summed E-state index contributed by atoms with van der Waals surface area (Å²) in [6.07, 6.45) is 0. The highest BCUT2D eigenvalue weighted by atomic mass is 16.6. The Hall–Kier alpha value is -2.76. The van der Waals surface area contributed by atoms with Crippen LogP contribution < -0.4 is 5.32 Å². The zero-order valence-corrected chi connectivity index (χ0v) is 13.5. The summed E-state index contributed by atoms with van der Waals surface area (Å²) >= 11 is 0. The fraction of sp³-hybridized carbons (Fsp3) is 0.294. The maximum Gasteiger partial charge on any atom is 0.269 e. The van der Waals surface area contributed by atoms with Crippen LogP contribution in [0.2, 0.25) is 0 Å². The van der Waals surface area contributed by atoms with Gasteiger partial charge in [-0.3, -0.25) is 19.7 Å². The van der Waals surface area contributed by atoms with Crippen LogP contribution in [-0.2, 0) is 9.59 Å². The summed E-state index contributed by atoms with van der Waals surface area (Å²) in [6, 6.07) is 5.97. The molecule has 1 aliphatic heterocycles. The third-order valence-corrected chi connectivity index (χ3v) is 3.96. The van der Waals surface area contributed by atoms with Crippen molar-refractivity contribution in [2.75, 3.05) is 0 Å². The molecule has 0 spiro atoms. The van der Waals surface area contributed by atoms with Gasteiger partial charge in [0.05, 0.1) is 4.92 Å². The molecule has 1 N–H and O–H groups in total. The van der Waals surface area contributed by atoms with E-state index in [9.17, 15) is 19.7 Å². The van der Waals surface area contributed by atoms with Crippen molar-refractivity contribution in [3.63, 3.8) is 0 Å². The molecule has 2 rings (SSSR count). The Bertz CT molecular complexity index is 721. The van der Waals surface area contributed by atoms with E-state index in [0.717, 1.165) is 0 Å². The molecule has 0 radical (unpaired) electrons. The van der Waals surface area contributed by atoms with E-state index in [-0.39, 0.29) is 17.3 Å². The van der Waals surface area contributed by atoms with Gasteiger partial charge in [0.1, 0.15) is 0 Å². The summed E-state index contributed by atoms with van der Waals surface area (Å²) in [6.45, 7) is 6.49. The van der Waals surface area contributed by atoms with Crippen molar-refractivity contribution in [3.05, 3.63) is 62.5 Å². The second-order valence-electron chi connectivity index (χ2n) is 5.60. The number of hydrogen-bond donors (Lipinski definition) is 1. The Morgan fingerprint density at radius 1 is 1.00 bits per heavy atom. The predicted octanol–water partition coefficient (Wildman–Crippen LogP) is 3.01. The molecular formula is C17H18N2O4. The second kappa shape index (κ2) is 6.16. The van der Waals surface area contributed by atoms with E-state index in [1.54, 1.807) is 26.0 Å². The number of carbonyl (C=O) groups excluding carboxylic acids is 2. The number of Topliss-reactive ketones (excluding diaryl/α,β-unsaturated/α-hetero) is 2. The maximum absolute atomic E-state index is 12.1. The number of nitro groups is 1. The quantitative estimate of drug-likeness (QED) is 0.681. The first-order valence-corrected chi connectivity index (χ1v) is 7.18. The Balaban J connectivity index is 2.64. The van der Waals surface area contributed by atoms with Gasteiger partial charge in [0, 0.05) is 40.6 Å². The highest BCUT2D eigenvalue weighted by molar-refractivity contribution is 6.03. The van der Waals surface area contributed by atoms with Crippen molar-refractivity contribution in [1.29, 1.82) is 0 Å². The number of hydrogen-bond acceptors (Lipinski definition) is 5. The van der Waals surface area contributed by atoms with Crippen LogP contribution in [0.15, 0.2) is 46.8 Å². The SMILES string of the molecule is CC(=O)C1=C(C)NC(C)=C(C(C)=O)C1c1ccc([N+](=O)[O-])cc1. The van der Waals surface area contributed by atoms with Crippen LogP contribution in [-0.4, -0.2) is 16.5 Å². The Labute approximate surface area is 134 Å². The largest absolute Gasteiger partial charge is 0.362 e. The van der Waals surface area contributed by atoms with Crippen LogP contribution in [0.4, 0.5) is 5.69 Å². The van der Waals surface area contributed by atoms with Crippen LogP contribution in [0.5, 0.6) is 0 Å². The van der Waals surface area contributed by atoms with Crippen molar-refractivity contribution in [3.8, 4) is 0 Å². The Morgan fingerprint density at radius 3 is 1.78 bits per heavy atom. The van der Waals surface area contributed by atoms with Gasteiger partial charge in [-0.1, -0.05) is 12.1 Å². The van der Waals surface area contributed by atoms with Gasteiger partial charge in [0.25, 0.3) is 5.69 Å². The molecule has 23 heavy (non-hydrogen) atoms. The molecule has 6 heteroatoms. The standard InChI is InChI=1S/C17H18N2O4/c1-9-15(11(3)20)17(16(12(4)21)10(2)18-9)13-5-7-14(8-6-13)19(22)23/h5-8,17-18H,1-4H3. The molecule has 6 nitrogen and oxygen atoms in total. The van der Waals surface area contributed by atoms with Crippen molar-refractivity contribution in [2.45, 2.75) is 33.6 Å². The van der Waals surface area contributed by atoms with E-state index in [0.29, 0.717) is 28.1 Å². The zero-order chi connectivity index (χ0) is 17.3. The van der Waals surface area contributed by atoms with Crippen molar-refractivity contribution >= 4 is 17.3 Å². The number of dihydropyridines is 1. The lowest BCUT2D eigenvalue weighted by Crippen LogP contribution is -2.29. The lowest BCUT2D eigenvalue weighted by molar-refractivity contribution is -0.384. The number of allylic oxidation sites excluding steroid dienone is 4. The summed E-state index contributed by atoms with van der Waals surface area (Å²) in [4.78, 5) is 34.5. The van der Waals surface area contributed by atoms with Gasteiger partial charge < -0.3 is 5.32 Å². The number of nitrogens with one attached hydrogen (secondary N) is 1. The minimum Gasteiger partial charge on any atom is -0.362 e. The Kier molecular flexibility index (Phi) is 4.45. The third-order valence-electron chi connectivity index (χ3n) is 3.96. The molecule has 1 aliphatic rings. The van der Waals surface area contributed by atoms with Gasteiger partial charge in [0.2, 0.25) is 0 Å². The molecule has 1 heterocycles. The topological polar surface area (TPSA) is 89.3 Å². The molecule has 0 amide bonds. The van der Waals surface area contributed by atoms with Crippen LogP contribution in [0, 0.1) is 10.1 Å². The summed E-state index contributed by atoms with van der Waals surface area (Å²) in [5.74, 6) is -0.777. The lowest BCUT2D eigenvalue weighted by Gasteiger charge is -2.30. The molecule has 120 valence electrons. The van der Waals surface area contributed by atoms with Crippen molar-refractivity contribution in [2.24, 2.45) is 0 Å². The first kappa shape index (κ1) is 16.6. The van der Waals surface area contributed by atoms with Gasteiger partial charge >= 0.3 is 0 Å². The monoisotopic (exact) mass is 314 g/mol. The molecule has 0 aliphatic carbocycles. The van der Waals surface area contributed by atoms with Crippen LogP contribution >= 0.6 is 0 Å². The normalized spacial score (nSPS) is 15.5. The molecule has 1 aromatic carbocycles. The molecule has 0 saturated carbocycles. The molecule has 0 atom stereocenters. The fourth-order valence-electron chi connectivity index (χ4n) is 3.05. The number of non-ortho nitro benzene ring substituents is 1. The van der Waals surface area contributed by atoms with Crippen molar-refractivity contribution < 1.29 is 14.5 Å². The molecule has 0 fully saturated rings. The van der Waals surface area contributed by atoms with E-state index < -0.39 is 10.8 Å². The molecule has 1 aromatic rings. The van der Waals surface area contributed by atoms with Crippen LogP contribution in [0.1, 0.15) is 39.2 Å². The van der Waals surface area contributed by atoms with E-state index in [1.807, 2.05) is 0 Å². The fourth-order valence-corrected chi connectivity index (χ4v) is 3.05. The molecule has 0 unspecified atom stereocenters. The van der Waals surface area contributed by atoms with E-state index >= 15 is 0 Å². The summed E-state index contributed by atoms with van der Waals surface area (Å²) in [5.41, 5.74) is 3.07. The zero-order valence-electron chi connectivity index (χ0n) is 13.5. The van der Waals surface area contributed by atoms with Gasteiger partial charge in [0.15, 0.2) is 11.6 Å². The first-order chi connectivity index (χ1) is 10.7. The average molecular weight is 314 g/mol. The number of benzene rings is 1. The van der Waals surface area contributed by atoms with Gasteiger partial charge in [-0.2, -0.15) is 0 Å². The third kappa shape index (κ3) is 3.06. The van der Waals surface area contributed by atoms with Gasteiger partial charge in [-0.15, -0.1) is 0 Å². The Morgan fingerprint density at radius 2 is 1.43 bits per heavy atom. The second-order valence-corrected chi connectivity index (χ2v) is 5.60. The molecule has 0 saturated heterocycles. The number of rotatable bonds is 4. The maximum atomic E-state index is 12.1. The minimum atomic E-state index is -0.507. The van der Waals surface area contributed by atoms with E-state index in [4.69, 9.17) is 0 Å². The van der Waals surface area contributed by atoms with Gasteiger partial charge in [-0.25, -0.2) is 0 Å². The highest BCUT2D eigenvalue weighted by Gasteiger charge is 2.33. The summed E-state index contributed by atoms with van der Waals surface area (Å²) in [5, 5.41) is 13.9. The van der Waals surface area contributed by atoms with E-state index in [2.05, 4.69) is 5.32 Å². The van der Waals surface area contributed by atoms with Gasteiger partial charge in [-0.05, 0) is 33.3 Å². The molecular weight excluding hydrogens is 296 g/mol. The first-order valence-electron chi connectivity index (χ1n) is 7.18. The average Bonchev–Trinajstić information content (AvgIpc) is 2.45.